The first-order chi connectivity index (χ1) is 15.5. The maximum atomic E-state index is 13.8. The van der Waals surface area contributed by atoms with E-state index in [0.717, 1.165) is 12.8 Å². The molecule has 33 heavy (non-hydrogen) atoms. The largest absolute Gasteiger partial charge is 0.469 e. The topological polar surface area (TPSA) is 116 Å². The van der Waals surface area contributed by atoms with Gasteiger partial charge in [0.1, 0.15) is 0 Å². The third-order valence-electron chi connectivity index (χ3n) is 8.59. The lowest BCUT2D eigenvalue weighted by atomic mass is 9.43. The molecule has 2 heterocycles. The summed E-state index contributed by atoms with van der Waals surface area (Å²) < 4.78 is 16.0. The van der Waals surface area contributed by atoms with Crippen LogP contribution in [0.1, 0.15) is 59.3 Å². The highest BCUT2D eigenvalue weighted by atomic mass is 16.6. The number of hydrogen-bond acceptors (Lipinski definition) is 8. The van der Waals surface area contributed by atoms with Gasteiger partial charge >= 0.3 is 17.9 Å². The van der Waals surface area contributed by atoms with Crippen LogP contribution in [0.15, 0.2) is 0 Å². The maximum Gasteiger partial charge on any atom is 0.310 e. The predicted octanol–water partition coefficient (Wildman–Crippen LogP) is 1.66. The van der Waals surface area contributed by atoms with Gasteiger partial charge in [-0.3, -0.25) is 24.0 Å². The number of rotatable bonds is 3. The van der Waals surface area contributed by atoms with Crippen LogP contribution < -0.4 is 0 Å². The molecule has 0 aromatic heterocycles. The molecule has 2 aliphatic heterocycles. The minimum Gasteiger partial charge on any atom is -0.469 e. The number of carbonyl (C=O) groups is 5. The van der Waals surface area contributed by atoms with E-state index in [1.165, 1.54) is 14.0 Å². The van der Waals surface area contributed by atoms with E-state index in [1.54, 1.807) is 4.90 Å². The smallest absolute Gasteiger partial charge is 0.310 e. The Balaban J connectivity index is 1.74. The number of methoxy groups -OCH3 is 1. The van der Waals surface area contributed by atoms with Gasteiger partial charge in [-0.1, -0.05) is 13.8 Å². The van der Waals surface area contributed by atoms with E-state index in [-0.39, 0.29) is 24.5 Å². The highest BCUT2D eigenvalue weighted by Gasteiger charge is 2.68. The lowest BCUT2D eigenvalue weighted by molar-refractivity contribution is -0.211. The second kappa shape index (κ2) is 8.40. The van der Waals surface area contributed by atoms with Gasteiger partial charge in [-0.15, -0.1) is 0 Å². The van der Waals surface area contributed by atoms with E-state index in [4.69, 9.17) is 14.2 Å². The molecule has 0 N–H and O–H groups in total. The molecule has 9 heteroatoms. The average molecular weight is 464 g/mol. The molecular formula is C24H33NO8. The van der Waals surface area contributed by atoms with Crippen LogP contribution in [0.4, 0.5) is 0 Å². The molecule has 0 radical (unpaired) electrons. The molecule has 7 atom stereocenters. The first-order valence-corrected chi connectivity index (χ1v) is 11.8. The van der Waals surface area contributed by atoms with Crippen LogP contribution in [0.2, 0.25) is 0 Å². The number of hydrogen-bond donors (Lipinski definition) is 0. The summed E-state index contributed by atoms with van der Waals surface area (Å²) >= 11 is 0. The zero-order valence-corrected chi connectivity index (χ0v) is 19.8. The molecule has 1 amide bonds. The Bertz CT molecular complexity index is 880. The first-order valence-electron chi connectivity index (χ1n) is 11.8. The fraction of sp³-hybridized carbons (Fsp3) is 0.792. The van der Waals surface area contributed by atoms with Crippen LogP contribution >= 0.6 is 0 Å². The van der Waals surface area contributed by atoms with Gasteiger partial charge in [0.25, 0.3) is 5.91 Å². The Morgan fingerprint density at radius 1 is 1.09 bits per heavy atom. The number of fused-ring (bicyclic) bond motifs is 3. The SMILES string of the molecule is COC(=O)[C@@H]1C[C@H](OC(C)=O)C(=O)[C@H]2[C@@]1(C)CC[C@H]1C(=O)O[C@H](C(=O)N3CCCC3)C[C@]21C. The molecule has 2 saturated carbocycles. The molecule has 0 unspecified atom stereocenters. The van der Waals surface area contributed by atoms with E-state index in [9.17, 15) is 24.0 Å². The summed E-state index contributed by atoms with van der Waals surface area (Å²) in [4.78, 5) is 66.3. The summed E-state index contributed by atoms with van der Waals surface area (Å²) in [6.07, 6.45) is 0.933. The number of likely N-dealkylation sites (tertiary alicyclic amines) is 1. The molecule has 2 aliphatic carbocycles. The fourth-order valence-corrected chi connectivity index (χ4v) is 7.10. The lowest BCUT2D eigenvalue weighted by Gasteiger charge is -2.60. The summed E-state index contributed by atoms with van der Waals surface area (Å²) in [6, 6.07) is 0. The number of ketones is 1. The summed E-state index contributed by atoms with van der Waals surface area (Å²) in [6.45, 7) is 6.23. The summed E-state index contributed by atoms with van der Waals surface area (Å²) in [5.41, 5.74) is -1.70. The first kappa shape index (κ1) is 23.7. The van der Waals surface area contributed by atoms with Gasteiger partial charge in [-0.25, -0.2) is 0 Å². The van der Waals surface area contributed by atoms with E-state index >= 15 is 0 Å². The zero-order chi connectivity index (χ0) is 24.1. The zero-order valence-electron chi connectivity index (χ0n) is 19.8. The van der Waals surface area contributed by atoms with Gasteiger partial charge in [-0.05, 0) is 36.5 Å². The van der Waals surface area contributed by atoms with E-state index in [2.05, 4.69) is 0 Å². The molecule has 0 bridgehead atoms. The monoisotopic (exact) mass is 463 g/mol. The van der Waals surface area contributed by atoms with Crippen molar-refractivity contribution in [1.29, 1.82) is 0 Å². The Morgan fingerprint density at radius 2 is 1.76 bits per heavy atom. The van der Waals surface area contributed by atoms with E-state index < -0.39 is 58.7 Å². The highest BCUT2D eigenvalue weighted by molar-refractivity contribution is 5.94. The standard InChI is InChI=1S/C24H33NO8/c1-13(26)32-16-11-15(21(29)31-4)23(2)8-7-14-22(30)33-17(20(28)25-9-5-6-10-25)12-24(14,3)19(23)18(16)27/h14-17,19H,5-12H2,1-4H3/t14-,15-,16-,17-,19-,23-,24-/m0/s1. The summed E-state index contributed by atoms with van der Waals surface area (Å²) in [5.74, 6) is -4.05. The Kier molecular flexibility index (Phi) is 6.03. The minimum atomic E-state index is -1.09. The molecule has 0 aromatic carbocycles. The second-order valence-electron chi connectivity index (χ2n) is 10.5. The minimum absolute atomic E-state index is 0.0550. The van der Waals surface area contributed by atoms with Crippen molar-refractivity contribution in [3.63, 3.8) is 0 Å². The van der Waals surface area contributed by atoms with Gasteiger partial charge in [0.05, 0.1) is 18.9 Å². The molecular weight excluding hydrogens is 430 g/mol. The van der Waals surface area contributed by atoms with Crippen molar-refractivity contribution in [2.75, 3.05) is 20.2 Å². The van der Waals surface area contributed by atoms with Crippen LogP contribution in [-0.2, 0) is 38.2 Å². The van der Waals surface area contributed by atoms with Crippen molar-refractivity contribution in [3.05, 3.63) is 0 Å². The van der Waals surface area contributed by atoms with Crippen molar-refractivity contribution < 1.29 is 38.2 Å². The van der Waals surface area contributed by atoms with Crippen LogP contribution in [0, 0.1) is 28.6 Å². The molecule has 4 fully saturated rings. The average Bonchev–Trinajstić information content (AvgIpc) is 3.28. The molecule has 4 aliphatic rings. The number of cyclic esters (lactones) is 1. The Hall–Kier alpha value is -2.45. The normalized spacial score (nSPS) is 40.4. The number of ether oxygens (including phenoxy) is 3. The van der Waals surface area contributed by atoms with Crippen molar-refractivity contribution in [2.45, 2.75) is 71.5 Å². The van der Waals surface area contributed by atoms with Crippen LogP contribution in [-0.4, -0.2) is 66.9 Å². The molecule has 0 aromatic rings. The number of carbonyl (C=O) groups excluding carboxylic acids is 5. The highest BCUT2D eigenvalue weighted by Crippen LogP contribution is 2.64. The molecule has 182 valence electrons. The molecule has 9 nitrogen and oxygen atoms in total. The van der Waals surface area contributed by atoms with Gasteiger partial charge in [0.15, 0.2) is 18.0 Å². The van der Waals surface area contributed by atoms with Crippen LogP contribution in [0.5, 0.6) is 0 Å². The van der Waals surface area contributed by atoms with Crippen molar-refractivity contribution in [3.8, 4) is 0 Å². The Labute approximate surface area is 193 Å². The quantitative estimate of drug-likeness (QED) is 0.458. The van der Waals surface area contributed by atoms with Gasteiger partial charge < -0.3 is 19.1 Å². The van der Waals surface area contributed by atoms with Gasteiger partial charge in [-0.2, -0.15) is 0 Å². The lowest BCUT2D eigenvalue weighted by Crippen LogP contribution is -2.66. The van der Waals surface area contributed by atoms with E-state index in [1.807, 2.05) is 13.8 Å². The van der Waals surface area contributed by atoms with E-state index in [0.29, 0.717) is 25.9 Å². The number of Topliss-reactive ketones (excluding diaryl/α,β-unsaturated/α-hetero) is 1. The molecule has 4 rings (SSSR count). The predicted molar refractivity (Wildman–Crippen MR) is 113 cm³/mol. The van der Waals surface area contributed by atoms with Crippen LogP contribution in [0.25, 0.3) is 0 Å². The molecule has 0 spiro atoms. The summed E-state index contributed by atoms with van der Waals surface area (Å²) in [5, 5.41) is 0. The van der Waals surface area contributed by atoms with Gasteiger partial charge in [0.2, 0.25) is 0 Å². The second-order valence-corrected chi connectivity index (χ2v) is 10.5. The van der Waals surface area contributed by atoms with Gasteiger partial charge in [0, 0.05) is 38.8 Å². The van der Waals surface area contributed by atoms with Crippen molar-refractivity contribution in [1.82, 2.24) is 4.90 Å². The maximum absolute atomic E-state index is 13.8. The summed E-state index contributed by atoms with van der Waals surface area (Å²) in [7, 11) is 1.30. The van der Waals surface area contributed by atoms with Crippen molar-refractivity contribution >= 4 is 29.6 Å². The number of nitrogens with zero attached hydrogens (tertiary/aromatic N) is 1. The molecule has 2 saturated heterocycles. The van der Waals surface area contributed by atoms with Crippen LogP contribution in [0.3, 0.4) is 0 Å². The fourth-order valence-electron chi connectivity index (χ4n) is 7.10. The third kappa shape index (κ3) is 3.73. The third-order valence-corrected chi connectivity index (χ3v) is 8.59. The van der Waals surface area contributed by atoms with Crippen molar-refractivity contribution in [2.24, 2.45) is 28.6 Å². The Morgan fingerprint density at radius 3 is 2.36 bits per heavy atom. The number of esters is 3. The number of amides is 1.